The van der Waals surface area contributed by atoms with Gasteiger partial charge in [-0.25, -0.2) is 9.07 Å². The van der Waals surface area contributed by atoms with Crippen LogP contribution in [0.3, 0.4) is 0 Å². The van der Waals surface area contributed by atoms with Crippen LogP contribution in [-0.4, -0.2) is 54.6 Å². The van der Waals surface area contributed by atoms with Crippen molar-refractivity contribution in [3.63, 3.8) is 0 Å². The van der Waals surface area contributed by atoms with Gasteiger partial charge in [0.25, 0.3) is 5.91 Å². The number of aliphatic hydroxyl groups is 1. The Morgan fingerprint density at radius 1 is 1.40 bits per heavy atom. The summed E-state index contributed by atoms with van der Waals surface area (Å²) in [6.07, 6.45) is 4.53. The molecule has 0 spiro atoms. The highest BCUT2D eigenvalue weighted by molar-refractivity contribution is 5.98. The molecular weight excluding hydrogens is 325 g/mol. The smallest absolute Gasteiger partial charge is 0.270 e. The number of benzene rings is 1. The Morgan fingerprint density at radius 2 is 2.28 bits per heavy atom. The molecule has 7 nitrogen and oxygen atoms in total. The molecule has 0 bridgehead atoms. The molecule has 1 unspecified atom stereocenters. The van der Waals surface area contributed by atoms with Crippen LogP contribution < -0.4 is 0 Å². The molecule has 4 rings (SSSR count). The molecule has 130 valence electrons. The van der Waals surface area contributed by atoms with Gasteiger partial charge < -0.3 is 15.0 Å². The van der Waals surface area contributed by atoms with Crippen molar-refractivity contribution in [1.82, 2.24) is 24.9 Å². The van der Waals surface area contributed by atoms with Crippen LogP contribution in [0.1, 0.15) is 23.3 Å². The molecule has 1 aromatic carbocycles. The number of aromatic nitrogens is 4. The van der Waals surface area contributed by atoms with Crippen LogP contribution in [0.2, 0.25) is 0 Å². The van der Waals surface area contributed by atoms with Crippen LogP contribution in [0, 0.1) is 5.82 Å². The molecule has 0 saturated carbocycles. The molecule has 1 fully saturated rings. The van der Waals surface area contributed by atoms with E-state index in [-0.39, 0.29) is 24.8 Å². The van der Waals surface area contributed by atoms with E-state index in [9.17, 15) is 14.3 Å². The molecule has 3 aromatic rings. The molecule has 3 heterocycles. The van der Waals surface area contributed by atoms with Crippen LogP contribution in [0.4, 0.5) is 4.39 Å². The van der Waals surface area contributed by atoms with Gasteiger partial charge in [-0.1, -0.05) is 5.21 Å². The summed E-state index contributed by atoms with van der Waals surface area (Å²) in [5.41, 5.74) is 0.0601. The molecule has 1 aliphatic rings. The first-order valence-electron chi connectivity index (χ1n) is 8.16. The number of halogens is 1. The Morgan fingerprint density at radius 3 is 3.08 bits per heavy atom. The minimum Gasteiger partial charge on any atom is -0.386 e. The standard InChI is InChI=1S/C17H18FN5O2/c18-13-2-3-14-12(8-13)9-15(20-14)16(24)22-6-1-4-17(25,10-22)11-23-7-5-19-21-23/h2-3,5,7-9,20,25H,1,4,6,10-11H2. The number of β-amino-alcohol motifs (C(OH)–C–C–N with tert-alkyl or cyclic N) is 1. The molecule has 1 aliphatic heterocycles. The highest BCUT2D eigenvalue weighted by Gasteiger charge is 2.36. The van der Waals surface area contributed by atoms with E-state index in [2.05, 4.69) is 15.3 Å². The normalized spacial score (nSPS) is 21.0. The second-order valence-electron chi connectivity index (χ2n) is 6.57. The zero-order valence-corrected chi connectivity index (χ0v) is 13.5. The summed E-state index contributed by atoms with van der Waals surface area (Å²) in [6, 6.07) is 6.00. The number of piperidine rings is 1. The number of nitrogens with zero attached hydrogens (tertiary/aromatic N) is 4. The Labute approximate surface area is 143 Å². The quantitative estimate of drug-likeness (QED) is 0.756. The van der Waals surface area contributed by atoms with E-state index >= 15 is 0 Å². The zero-order valence-electron chi connectivity index (χ0n) is 13.5. The first-order valence-corrected chi connectivity index (χ1v) is 8.16. The number of nitrogens with one attached hydrogen (secondary N) is 1. The van der Waals surface area contributed by atoms with Gasteiger partial charge >= 0.3 is 0 Å². The molecule has 2 aromatic heterocycles. The SMILES string of the molecule is O=C(c1cc2cc(F)ccc2[nH]1)N1CCCC(O)(Cn2ccnn2)C1. The zero-order chi connectivity index (χ0) is 17.4. The number of hydrogen-bond donors (Lipinski definition) is 2. The lowest BCUT2D eigenvalue weighted by Crippen LogP contribution is -2.52. The Kier molecular flexibility index (Phi) is 3.76. The van der Waals surface area contributed by atoms with Gasteiger partial charge in [-0.05, 0) is 37.1 Å². The molecular formula is C17H18FN5O2. The summed E-state index contributed by atoms with van der Waals surface area (Å²) in [5.74, 6) is -0.543. The van der Waals surface area contributed by atoms with Crippen molar-refractivity contribution in [3.8, 4) is 0 Å². The number of fused-ring (bicyclic) bond motifs is 1. The third-order valence-corrected chi connectivity index (χ3v) is 4.58. The van der Waals surface area contributed by atoms with Crippen molar-refractivity contribution in [2.45, 2.75) is 25.0 Å². The van der Waals surface area contributed by atoms with Crippen LogP contribution in [0.5, 0.6) is 0 Å². The molecule has 2 N–H and O–H groups in total. The van der Waals surface area contributed by atoms with Crippen LogP contribution in [-0.2, 0) is 6.54 Å². The van der Waals surface area contributed by atoms with E-state index in [1.54, 1.807) is 34.1 Å². The number of aromatic amines is 1. The molecule has 25 heavy (non-hydrogen) atoms. The fourth-order valence-electron chi connectivity index (χ4n) is 3.42. The number of hydrogen-bond acceptors (Lipinski definition) is 4. The second-order valence-corrected chi connectivity index (χ2v) is 6.57. The van der Waals surface area contributed by atoms with E-state index in [0.29, 0.717) is 36.0 Å². The number of rotatable bonds is 3. The number of carbonyl (C=O) groups excluding carboxylic acids is 1. The third kappa shape index (κ3) is 3.12. The molecule has 0 radical (unpaired) electrons. The van der Waals surface area contributed by atoms with Crippen molar-refractivity contribution in [3.05, 3.63) is 48.2 Å². The van der Waals surface area contributed by atoms with Gasteiger partial charge in [0.15, 0.2) is 0 Å². The molecule has 1 amide bonds. The third-order valence-electron chi connectivity index (χ3n) is 4.58. The summed E-state index contributed by atoms with van der Waals surface area (Å²) in [5, 5.41) is 19.1. The van der Waals surface area contributed by atoms with Crippen molar-refractivity contribution in [2.75, 3.05) is 13.1 Å². The lowest BCUT2D eigenvalue weighted by molar-refractivity contribution is -0.0388. The average Bonchev–Trinajstić information content (AvgIpc) is 3.22. The number of H-pyrrole nitrogens is 1. The van der Waals surface area contributed by atoms with Crippen molar-refractivity contribution >= 4 is 16.8 Å². The monoisotopic (exact) mass is 343 g/mol. The van der Waals surface area contributed by atoms with E-state index in [0.717, 1.165) is 0 Å². The van der Waals surface area contributed by atoms with Gasteiger partial charge in [0.1, 0.15) is 17.1 Å². The van der Waals surface area contributed by atoms with E-state index in [1.165, 1.54) is 12.1 Å². The van der Waals surface area contributed by atoms with Gasteiger partial charge in [-0.3, -0.25) is 4.79 Å². The Bertz CT molecular complexity index is 907. The van der Waals surface area contributed by atoms with Gasteiger partial charge in [0.05, 0.1) is 19.3 Å². The Balaban J connectivity index is 1.54. The van der Waals surface area contributed by atoms with Gasteiger partial charge in [0.2, 0.25) is 0 Å². The highest BCUT2D eigenvalue weighted by Crippen LogP contribution is 2.25. The van der Waals surface area contributed by atoms with Gasteiger partial charge in [-0.15, -0.1) is 5.10 Å². The molecule has 8 heteroatoms. The highest BCUT2D eigenvalue weighted by atomic mass is 19.1. The maximum absolute atomic E-state index is 13.3. The number of likely N-dealkylation sites (tertiary alicyclic amines) is 1. The van der Waals surface area contributed by atoms with Crippen LogP contribution in [0.15, 0.2) is 36.7 Å². The minimum absolute atomic E-state index is 0.201. The summed E-state index contributed by atoms with van der Waals surface area (Å²) >= 11 is 0. The van der Waals surface area contributed by atoms with Crippen molar-refractivity contribution in [1.29, 1.82) is 0 Å². The minimum atomic E-state index is -1.04. The van der Waals surface area contributed by atoms with Crippen LogP contribution in [0.25, 0.3) is 10.9 Å². The van der Waals surface area contributed by atoms with Gasteiger partial charge in [-0.2, -0.15) is 0 Å². The average molecular weight is 343 g/mol. The topological polar surface area (TPSA) is 87.0 Å². The maximum Gasteiger partial charge on any atom is 0.270 e. The van der Waals surface area contributed by atoms with E-state index < -0.39 is 5.60 Å². The summed E-state index contributed by atoms with van der Waals surface area (Å²) in [7, 11) is 0. The summed E-state index contributed by atoms with van der Waals surface area (Å²) in [6.45, 7) is 1.08. The fourth-order valence-corrected chi connectivity index (χ4v) is 3.42. The number of carbonyl (C=O) groups is 1. The maximum atomic E-state index is 13.3. The van der Waals surface area contributed by atoms with E-state index in [4.69, 9.17) is 0 Å². The van der Waals surface area contributed by atoms with Crippen molar-refractivity contribution in [2.24, 2.45) is 0 Å². The first-order chi connectivity index (χ1) is 12.0. The lowest BCUT2D eigenvalue weighted by atomic mass is 9.92. The molecule has 1 atom stereocenters. The Hall–Kier alpha value is -2.74. The predicted molar refractivity (Wildman–Crippen MR) is 88.4 cm³/mol. The first kappa shape index (κ1) is 15.8. The molecule has 1 saturated heterocycles. The summed E-state index contributed by atoms with van der Waals surface area (Å²) < 4.78 is 14.9. The molecule has 0 aliphatic carbocycles. The second kappa shape index (κ2) is 5.96. The van der Waals surface area contributed by atoms with E-state index in [1.807, 2.05) is 0 Å². The lowest BCUT2D eigenvalue weighted by Gasteiger charge is -2.38. The van der Waals surface area contributed by atoms with Gasteiger partial charge in [0, 0.05) is 23.6 Å². The fraction of sp³-hybridized carbons (Fsp3) is 0.353. The predicted octanol–water partition coefficient (Wildman–Crippen LogP) is 1.57. The summed E-state index contributed by atoms with van der Waals surface area (Å²) in [4.78, 5) is 17.5. The number of amides is 1. The van der Waals surface area contributed by atoms with Crippen molar-refractivity contribution < 1.29 is 14.3 Å². The largest absolute Gasteiger partial charge is 0.386 e. The van der Waals surface area contributed by atoms with Crippen LogP contribution >= 0.6 is 0 Å².